The van der Waals surface area contributed by atoms with Gasteiger partial charge in [-0.05, 0) is 47.3 Å². The Morgan fingerprint density at radius 1 is 1.05 bits per heavy atom. The Bertz CT molecular complexity index is 741. The van der Waals surface area contributed by atoms with Gasteiger partial charge in [0.25, 0.3) is 0 Å². The number of benzene rings is 2. The number of hydrogen-bond donors (Lipinski definition) is 0. The van der Waals surface area contributed by atoms with Gasteiger partial charge in [-0.2, -0.15) is 4.68 Å². The standard InChI is InChI=1S/C16H16ClN5/c1-21(11-13-6-5-7-14(17)10-13)12-16-18-19-20-22(16)15-8-3-2-4-9-15/h2-10H,11-12H2,1H3. The second-order valence-electron chi connectivity index (χ2n) is 5.14. The first-order chi connectivity index (χ1) is 10.7. The summed E-state index contributed by atoms with van der Waals surface area (Å²) in [6, 6.07) is 17.7. The van der Waals surface area contributed by atoms with E-state index in [4.69, 9.17) is 11.6 Å². The van der Waals surface area contributed by atoms with Crippen LogP contribution in [0, 0.1) is 0 Å². The molecule has 0 unspecified atom stereocenters. The molecule has 1 heterocycles. The highest BCUT2D eigenvalue weighted by Crippen LogP contribution is 2.14. The Morgan fingerprint density at radius 3 is 2.64 bits per heavy atom. The number of rotatable bonds is 5. The highest BCUT2D eigenvalue weighted by molar-refractivity contribution is 6.30. The van der Waals surface area contributed by atoms with E-state index in [2.05, 4.69) is 26.5 Å². The zero-order valence-corrected chi connectivity index (χ0v) is 13.0. The lowest BCUT2D eigenvalue weighted by molar-refractivity contribution is 0.307. The van der Waals surface area contributed by atoms with E-state index in [0.29, 0.717) is 6.54 Å². The first-order valence-electron chi connectivity index (χ1n) is 6.98. The van der Waals surface area contributed by atoms with Crippen molar-refractivity contribution in [2.24, 2.45) is 0 Å². The third-order valence-electron chi connectivity index (χ3n) is 3.29. The Kier molecular flexibility index (Phi) is 4.46. The van der Waals surface area contributed by atoms with Crippen LogP contribution in [0.25, 0.3) is 5.69 Å². The summed E-state index contributed by atoms with van der Waals surface area (Å²) in [4.78, 5) is 2.15. The van der Waals surface area contributed by atoms with Gasteiger partial charge in [-0.3, -0.25) is 4.90 Å². The lowest BCUT2D eigenvalue weighted by Gasteiger charge is -2.16. The SMILES string of the molecule is CN(Cc1cccc(Cl)c1)Cc1nnnn1-c1ccccc1. The zero-order valence-electron chi connectivity index (χ0n) is 12.2. The van der Waals surface area contributed by atoms with Crippen LogP contribution in [-0.2, 0) is 13.1 Å². The lowest BCUT2D eigenvalue weighted by Crippen LogP contribution is -2.20. The van der Waals surface area contributed by atoms with Crippen molar-refractivity contribution in [1.82, 2.24) is 25.1 Å². The normalized spacial score (nSPS) is 11.0. The van der Waals surface area contributed by atoms with Crippen molar-refractivity contribution in [3.63, 3.8) is 0 Å². The van der Waals surface area contributed by atoms with Crippen LogP contribution in [0.5, 0.6) is 0 Å². The molecular weight excluding hydrogens is 298 g/mol. The first kappa shape index (κ1) is 14.7. The summed E-state index contributed by atoms with van der Waals surface area (Å²) in [5.74, 6) is 0.802. The molecule has 3 rings (SSSR count). The monoisotopic (exact) mass is 313 g/mol. The van der Waals surface area contributed by atoms with Crippen LogP contribution >= 0.6 is 11.6 Å². The molecule has 0 N–H and O–H groups in total. The maximum absolute atomic E-state index is 6.02. The van der Waals surface area contributed by atoms with E-state index in [1.807, 2.05) is 55.6 Å². The van der Waals surface area contributed by atoms with Crippen molar-refractivity contribution in [2.45, 2.75) is 13.1 Å². The van der Waals surface area contributed by atoms with Crippen LogP contribution in [-0.4, -0.2) is 32.2 Å². The minimum Gasteiger partial charge on any atom is -0.295 e. The lowest BCUT2D eigenvalue weighted by atomic mass is 10.2. The number of halogens is 1. The van der Waals surface area contributed by atoms with Crippen molar-refractivity contribution >= 4 is 11.6 Å². The van der Waals surface area contributed by atoms with E-state index in [1.54, 1.807) is 4.68 Å². The molecule has 2 aromatic carbocycles. The molecule has 0 aliphatic carbocycles. The van der Waals surface area contributed by atoms with E-state index in [1.165, 1.54) is 0 Å². The van der Waals surface area contributed by atoms with Gasteiger partial charge in [0.1, 0.15) is 0 Å². The maximum Gasteiger partial charge on any atom is 0.170 e. The molecule has 6 heteroatoms. The van der Waals surface area contributed by atoms with E-state index in [9.17, 15) is 0 Å². The van der Waals surface area contributed by atoms with Crippen LogP contribution in [0.4, 0.5) is 0 Å². The molecule has 0 bridgehead atoms. The van der Waals surface area contributed by atoms with Gasteiger partial charge < -0.3 is 0 Å². The molecule has 0 aliphatic heterocycles. The molecule has 0 saturated carbocycles. The average Bonchev–Trinajstić information content (AvgIpc) is 2.96. The predicted octanol–water partition coefficient (Wildman–Crippen LogP) is 2.95. The van der Waals surface area contributed by atoms with Crippen molar-refractivity contribution in [1.29, 1.82) is 0 Å². The molecule has 3 aromatic rings. The largest absolute Gasteiger partial charge is 0.295 e. The molecule has 22 heavy (non-hydrogen) atoms. The van der Waals surface area contributed by atoms with E-state index in [-0.39, 0.29) is 0 Å². The summed E-state index contributed by atoms with van der Waals surface area (Å²) in [6.07, 6.45) is 0. The van der Waals surface area contributed by atoms with E-state index >= 15 is 0 Å². The van der Waals surface area contributed by atoms with Gasteiger partial charge in [0.05, 0.1) is 12.2 Å². The fourth-order valence-electron chi connectivity index (χ4n) is 2.32. The molecule has 5 nitrogen and oxygen atoms in total. The number of nitrogens with zero attached hydrogens (tertiary/aromatic N) is 5. The number of para-hydroxylation sites is 1. The van der Waals surface area contributed by atoms with Crippen LogP contribution in [0.15, 0.2) is 54.6 Å². The molecule has 0 atom stereocenters. The molecular formula is C16H16ClN5. The Hall–Kier alpha value is -2.24. The zero-order chi connectivity index (χ0) is 15.4. The van der Waals surface area contributed by atoms with Crippen molar-refractivity contribution in [3.8, 4) is 5.69 Å². The molecule has 0 aliphatic rings. The molecule has 1 aromatic heterocycles. The Labute approximate surface area is 134 Å². The number of hydrogen-bond acceptors (Lipinski definition) is 4. The average molecular weight is 314 g/mol. The van der Waals surface area contributed by atoms with Gasteiger partial charge >= 0.3 is 0 Å². The molecule has 0 fully saturated rings. The summed E-state index contributed by atoms with van der Waals surface area (Å²) < 4.78 is 1.76. The maximum atomic E-state index is 6.02. The van der Waals surface area contributed by atoms with Crippen LogP contribution < -0.4 is 0 Å². The fraction of sp³-hybridized carbons (Fsp3) is 0.188. The highest BCUT2D eigenvalue weighted by Gasteiger charge is 2.11. The third-order valence-corrected chi connectivity index (χ3v) is 3.52. The van der Waals surface area contributed by atoms with Gasteiger partial charge in [-0.1, -0.05) is 41.9 Å². The molecule has 0 radical (unpaired) electrons. The Balaban J connectivity index is 1.73. The van der Waals surface area contributed by atoms with Gasteiger partial charge in [-0.15, -0.1) is 5.10 Å². The summed E-state index contributed by atoms with van der Waals surface area (Å²) in [6.45, 7) is 1.43. The second-order valence-corrected chi connectivity index (χ2v) is 5.58. The quantitative estimate of drug-likeness (QED) is 0.726. The molecule has 112 valence electrons. The van der Waals surface area contributed by atoms with Crippen LogP contribution in [0.1, 0.15) is 11.4 Å². The Morgan fingerprint density at radius 2 is 1.86 bits per heavy atom. The molecule has 0 spiro atoms. The van der Waals surface area contributed by atoms with Crippen LogP contribution in [0.2, 0.25) is 5.02 Å². The summed E-state index contributed by atoms with van der Waals surface area (Å²) in [5, 5.41) is 12.7. The van der Waals surface area contributed by atoms with Gasteiger partial charge in [0.15, 0.2) is 5.82 Å². The third kappa shape index (κ3) is 3.50. The van der Waals surface area contributed by atoms with Gasteiger partial charge in [0.2, 0.25) is 0 Å². The fourth-order valence-corrected chi connectivity index (χ4v) is 2.53. The topological polar surface area (TPSA) is 46.8 Å². The van der Waals surface area contributed by atoms with E-state index < -0.39 is 0 Å². The highest BCUT2D eigenvalue weighted by atomic mass is 35.5. The van der Waals surface area contributed by atoms with Crippen molar-refractivity contribution < 1.29 is 0 Å². The van der Waals surface area contributed by atoms with Crippen molar-refractivity contribution in [2.75, 3.05) is 7.05 Å². The van der Waals surface area contributed by atoms with Gasteiger partial charge in [0, 0.05) is 11.6 Å². The van der Waals surface area contributed by atoms with Crippen molar-refractivity contribution in [3.05, 3.63) is 71.0 Å². The first-order valence-corrected chi connectivity index (χ1v) is 7.36. The second kappa shape index (κ2) is 6.68. The predicted molar refractivity (Wildman–Crippen MR) is 85.8 cm³/mol. The van der Waals surface area contributed by atoms with E-state index in [0.717, 1.165) is 28.6 Å². The smallest absolute Gasteiger partial charge is 0.170 e. The van der Waals surface area contributed by atoms with Gasteiger partial charge in [-0.25, -0.2) is 0 Å². The summed E-state index contributed by atoms with van der Waals surface area (Å²) in [7, 11) is 2.03. The molecule has 0 amide bonds. The molecule has 0 saturated heterocycles. The minimum atomic E-state index is 0.647. The number of tetrazole rings is 1. The minimum absolute atomic E-state index is 0.647. The number of aromatic nitrogens is 4. The summed E-state index contributed by atoms with van der Waals surface area (Å²) in [5.41, 5.74) is 2.12. The van der Waals surface area contributed by atoms with Crippen LogP contribution in [0.3, 0.4) is 0 Å². The summed E-state index contributed by atoms with van der Waals surface area (Å²) >= 11 is 6.02.